The monoisotopic (exact) mass is 420 g/mol. The fourth-order valence-electron chi connectivity index (χ4n) is 4.37. The molecule has 1 aromatic carbocycles. The topological polar surface area (TPSA) is 66.0 Å². The number of carbonyl (C=O) groups excluding carboxylic acids is 2. The molecule has 0 radical (unpaired) electrons. The van der Waals surface area contributed by atoms with Gasteiger partial charge >= 0.3 is 6.03 Å². The summed E-state index contributed by atoms with van der Waals surface area (Å²) in [6.45, 7) is 2.63. The lowest BCUT2D eigenvalue weighted by molar-refractivity contribution is -0.135. The molecule has 162 valence electrons. The number of ether oxygens (including phenoxy) is 1. The third-order valence-corrected chi connectivity index (χ3v) is 6.34. The van der Waals surface area contributed by atoms with Crippen molar-refractivity contribution in [1.29, 1.82) is 0 Å². The first-order chi connectivity index (χ1) is 15.0. The summed E-state index contributed by atoms with van der Waals surface area (Å²) in [5.41, 5.74) is 1.25. The highest BCUT2D eigenvalue weighted by atomic mass is 16.5. The molecule has 2 saturated heterocycles. The predicted octanol–water partition coefficient (Wildman–Crippen LogP) is 3.03. The van der Waals surface area contributed by atoms with Gasteiger partial charge in [0.2, 0.25) is 0 Å². The van der Waals surface area contributed by atoms with E-state index in [1.54, 1.807) is 31.5 Å². The third-order valence-electron chi connectivity index (χ3n) is 6.34. The van der Waals surface area contributed by atoms with Crippen LogP contribution in [-0.2, 0) is 11.3 Å². The molecule has 1 aromatic heterocycles. The minimum absolute atomic E-state index is 0.0859. The summed E-state index contributed by atoms with van der Waals surface area (Å²) >= 11 is 0. The number of benzene rings is 1. The van der Waals surface area contributed by atoms with E-state index in [0.717, 1.165) is 36.5 Å². The second kappa shape index (κ2) is 8.89. The highest BCUT2D eigenvalue weighted by molar-refractivity contribution is 6.06. The zero-order chi connectivity index (χ0) is 21.8. The molecule has 0 saturated carbocycles. The number of methoxy groups -OCH3 is 1. The van der Waals surface area contributed by atoms with Gasteiger partial charge in [0.1, 0.15) is 11.3 Å². The molecule has 7 heteroatoms. The van der Waals surface area contributed by atoms with Crippen molar-refractivity contribution in [3.8, 4) is 5.75 Å². The average Bonchev–Trinajstić information content (AvgIpc) is 2.98. The van der Waals surface area contributed by atoms with Crippen molar-refractivity contribution in [3.63, 3.8) is 0 Å². The Balaban J connectivity index is 1.35. The summed E-state index contributed by atoms with van der Waals surface area (Å²) in [5, 5.41) is 0. The number of aromatic nitrogens is 1. The van der Waals surface area contributed by atoms with Crippen molar-refractivity contribution in [1.82, 2.24) is 19.7 Å². The Morgan fingerprint density at radius 3 is 2.52 bits per heavy atom. The van der Waals surface area contributed by atoms with Gasteiger partial charge in [-0.25, -0.2) is 4.79 Å². The van der Waals surface area contributed by atoms with Gasteiger partial charge in [-0.15, -0.1) is 0 Å². The molecule has 4 rings (SSSR count). The van der Waals surface area contributed by atoms with Gasteiger partial charge in [-0.2, -0.15) is 0 Å². The van der Waals surface area contributed by atoms with Crippen LogP contribution in [0, 0.1) is 0 Å². The normalized spacial score (nSPS) is 19.0. The standard InChI is InChI=1S/C24H28N4O3/c1-26-23(30)28(18-20-5-3-13-25-17-20)22(29)24(26)11-15-27(16-12-24)14-4-6-19-7-9-21(31-2)10-8-19/h3-10,13,17H,11-12,14-16,18H2,1-2H3. The van der Waals surface area contributed by atoms with Crippen LogP contribution in [0.4, 0.5) is 4.79 Å². The maximum Gasteiger partial charge on any atom is 0.327 e. The number of carbonyl (C=O) groups is 2. The molecule has 0 aliphatic carbocycles. The Kier molecular flexibility index (Phi) is 6.04. The van der Waals surface area contributed by atoms with Crippen molar-refractivity contribution >= 4 is 18.0 Å². The third kappa shape index (κ3) is 4.18. The van der Waals surface area contributed by atoms with E-state index in [1.165, 1.54) is 4.90 Å². The van der Waals surface area contributed by atoms with E-state index >= 15 is 0 Å². The fraction of sp³-hybridized carbons (Fsp3) is 0.375. The van der Waals surface area contributed by atoms with Crippen molar-refractivity contribution in [2.45, 2.75) is 24.9 Å². The molecule has 0 unspecified atom stereocenters. The van der Waals surface area contributed by atoms with E-state index in [-0.39, 0.29) is 18.5 Å². The molecule has 2 fully saturated rings. The van der Waals surface area contributed by atoms with Crippen LogP contribution in [0.5, 0.6) is 5.75 Å². The largest absolute Gasteiger partial charge is 0.497 e. The minimum Gasteiger partial charge on any atom is -0.497 e. The average molecular weight is 421 g/mol. The van der Waals surface area contributed by atoms with E-state index in [9.17, 15) is 9.59 Å². The summed E-state index contributed by atoms with van der Waals surface area (Å²) in [4.78, 5) is 35.5. The highest BCUT2D eigenvalue weighted by Gasteiger charge is 2.56. The van der Waals surface area contributed by atoms with E-state index in [1.807, 2.05) is 36.4 Å². The molecule has 2 aromatic rings. The first-order valence-electron chi connectivity index (χ1n) is 10.5. The van der Waals surface area contributed by atoms with E-state index < -0.39 is 5.54 Å². The minimum atomic E-state index is -0.727. The zero-order valence-electron chi connectivity index (χ0n) is 18.0. The molecular weight excluding hydrogens is 392 g/mol. The molecule has 3 heterocycles. The fourth-order valence-corrected chi connectivity index (χ4v) is 4.37. The number of pyridine rings is 1. The number of urea groups is 1. The van der Waals surface area contributed by atoms with Crippen LogP contribution in [0.15, 0.2) is 54.9 Å². The van der Waals surface area contributed by atoms with Crippen LogP contribution in [0.3, 0.4) is 0 Å². The van der Waals surface area contributed by atoms with Crippen LogP contribution in [0.1, 0.15) is 24.0 Å². The molecule has 1 spiro atoms. The number of imide groups is 1. The molecule has 2 aliphatic rings. The zero-order valence-corrected chi connectivity index (χ0v) is 18.0. The smallest absolute Gasteiger partial charge is 0.327 e. The number of hydrogen-bond acceptors (Lipinski definition) is 5. The molecule has 0 atom stereocenters. The summed E-state index contributed by atoms with van der Waals surface area (Å²) in [6.07, 6.45) is 8.91. The molecule has 2 aliphatic heterocycles. The quantitative estimate of drug-likeness (QED) is 0.672. The summed E-state index contributed by atoms with van der Waals surface area (Å²) in [5.74, 6) is 0.758. The Morgan fingerprint density at radius 1 is 1.13 bits per heavy atom. The highest BCUT2D eigenvalue weighted by Crippen LogP contribution is 2.36. The lowest BCUT2D eigenvalue weighted by atomic mass is 9.86. The first-order valence-corrected chi connectivity index (χ1v) is 10.5. The van der Waals surface area contributed by atoms with Crippen LogP contribution in [0.2, 0.25) is 0 Å². The van der Waals surface area contributed by atoms with Crippen LogP contribution < -0.4 is 4.74 Å². The van der Waals surface area contributed by atoms with Crippen molar-refractivity contribution in [2.75, 3.05) is 33.8 Å². The van der Waals surface area contributed by atoms with Crippen LogP contribution in [-0.4, -0.2) is 71.0 Å². The van der Waals surface area contributed by atoms with Gasteiger partial charge in [0.05, 0.1) is 13.7 Å². The Hall–Kier alpha value is -3.19. The van der Waals surface area contributed by atoms with Gasteiger partial charge in [0, 0.05) is 39.1 Å². The molecule has 0 N–H and O–H groups in total. The predicted molar refractivity (Wildman–Crippen MR) is 118 cm³/mol. The van der Waals surface area contributed by atoms with Crippen molar-refractivity contribution in [3.05, 3.63) is 66.0 Å². The molecule has 7 nitrogen and oxygen atoms in total. The number of amides is 3. The van der Waals surface area contributed by atoms with Crippen LogP contribution in [0.25, 0.3) is 6.08 Å². The van der Waals surface area contributed by atoms with Gasteiger partial charge in [-0.3, -0.25) is 19.6 Å². The number of rotatable bonds is 6. The number of likely N-dealkylation sites (N-methyl/N-ethyl adjacent to an activating group) is 1. The van der Waals surface area contributed by atoms with Crippen molar-refractivity contribution < 1.29 is 14.3 Å². The Bertz CT molecular complexity index is 951. The summed E-state index contributed by atoms with van der Waals surface area (Å²) < 4.78 is 5.19. The van der Waals surface area contributed by atoms with Crippen molar-refractivity contribution in [2.24, 2.45) is 0 Å². The van der Waals surface area contributed by atoms with Gasteiger partial charge in [0.15, 0.2) is 0 Å². The lowest BCUT2D eigenvalue weighted by Crippen LogP contribution is -2.55. The van der Waals surface area contributed by atoms with Crippen LogP contribution >= 0.6 is 0 Å². The first kappa shape index (κ1) is 21.1. The molecular formula is C24H28N4O3. The van der Waals surface area contributed by atoms with E-state index in [2.05, 4.69) is 22.0 Å². The maximum atomic E-state index is 13.3. The van der Waals surface area contributed by atoms with E-state index in [4.69, 9.17) is 4.74 Å². The number of piperidine rings is 1. The van der Waals surface area contributed by atoms with Gasteiger partial charge in [-0.05, 0) is 42.2 Å². The summed E-state index contributed by atoms with van der Waals surface area (Å²) in [7, 11) is 3.41. The second-order valence-corrected chi connectivity index (χ2v) is 8.10. The maximum absolute atomic E-state index is 13.3. The number of likely N-dealkylation sites (tertiary alicyclic amines) is 1. The lowest BCUT2D eigenvalue weighted by Gasteiger charge is -2.40. The number of nitrogens with zero attached hydrogens (tertiary/aromatic N) is 4. The molecule has 3 amide bonds. The SMILES string of the molecule is COc1ccc(C=CCN2CCC3(CC2)C(=O)N(Cc2cccnc2)C(=O)N3C)cc1. The van der Waals surface area contributed by atoms with Gasteiger partial charge in [-0.1, -0.05) is 30.4 Å². The Morgan fingerprint density at radius 2 is 1.87 bits per heavy atom. The Labute approximate surface area is 182 Å². The second-order valence-electron chi connectivity index (χ2n) is 8.10. The number of hydrogen-bond donors (Lipinski definition) is 0. The van der Waals surface area contributed by atoms with Gasteiger partial charge < -0.3 is 9.64 Å². The van der Waals surface area contributed by atoms with Gasteiger partial charge in [0.25, 0.3) is 5.91 Å². The molecule has 31 heavy (non-hydrogen) atoms. The molecule has 0 bridgehead atoms. The summed E-state index contributed by atoms with van der Waals surface area (Å²) in [6, 6.07) is 11.4. The van der Waals surface area contributed by atoms with E-state index in [0.29, 0.717) is 12.8 Å².